The van der Waals surface area contributed by atoms with Gasteiger partial charge in [-0.25, -0.2) is 0 Å². The molecule has 2 aromatic carbocycles. The Balaban J connectivity index is 1.13. The largest absolute Gasteiger partial charge is 0.299 e. The molecule has 0 bridgehead atoms. The van der Waals surface area contributed by atoms with Crippen LogP contribution >= 0.6 is 0 Å². The summed E-state index contributed by atoms with van der Waals surface area (Å²) < 4.78 is 0. The van der Waals surface area contributed by atoms with Crippen LogP contribution in [0.3, 0.4) is 0 Å². The minimum Gasteiger partial charge on any atom is -0.299 e. The molecule has 0 saturated heterocycles. The number of carbonyl (C=O) groups is 1. The number of ketones is 1. The second-order valence-electron chi connectivity index (χ2n) is 11.6. The Kier molecular flexibility index (Phi) is 7.35. The number of hydrogen-bond acceptors (Lipinski definition) is 2. The first-order valence-electron chi connectivity index (χ1n) is 14.6. The van der Waals surface area contributed by atoms with E-state index < -0.39 is 0 Å². The number of rotatable bonds is 7. The molecule has 0 aliphatic heterocycles. The normalized spacial score (nSPS) is 21.6. The summed E-state index contributed by atoms with van der Waals surface area (Å²) in [7, 11) is 0. The minimum atomic E-state index is 0.331. The Morgan fingerprint density at radius 3 is 2.57 bits per heavy atom. The van der Waals surface area contributed by atoms with Gasteiger partial charge in [-0.05, 0) is 89.8 Å². The monoisotopic (exact) mass is 489 g/mol. The number of hydrogen-bond donors (Lipinski definition) is 0. The molecule has 0 radical (unpaired) electrons. The highest BCUT2D eigenvalue weighted by Crippen LogP contribution is 2.43. The predicted molar refractivity (Wildman–Crippen MR) is 152 cm³/mol. The molecule has 2 atom stereocenters. The minimum absolute atomic E-state index is 0.331. The van der Waals surface area contributed by atoms with Crippen LogP contribution in [0.15, 0.2) is 66.9 Å². The van der Waals surface area contributed by atoms with Crippen molar-refractivity contribution in [3.05, 3.63) is 106 Å². The van der Waals surface area contributed by atoms with Gasteiger partial charge in [-0.3, -0.25) is 9.78 Å². The summed E-state index contributed by atoms with van der Waals surface area (Å²) >= 11 is 0. The Morgan fingerprint density at radius 2 is 1.65 bits per heavy atom. The van der Waals surface area contributed by atoms with Crippen molar-refractivity contribution in [1.29, 1.82) is 0 Å². The number of fused-ring (bicyclic) bond motifs is 1. The van der Waals surface area contributed by atoms with Gasteiger partial charge in [-0.15, -0.1) is 0 Å². The van der Waals surface area contributed by atoms with Crippen LogP contribution in [-0.2, 0) is 24.1 Å². The second-order valence-corrected chi connectivity index (χ2v) is 11.6. The lowest BCUT2D eigenvalue weighted by Gasteiger charge is -2.30. The fraction of sp³-hybridized carbons (Fsp3) is 0.429. The third kappa shape index (κ3) is 5.49. The van der Waals surface area contributed by atoms with Crippen LogP contribution < -0.4 is 0 Å². The van der Waals surface area contributed by atoms with E-state index in [9.17, 15) is 4.79 Å². The maximum absolute atomic E-state index is 13.2. The third-order valence-electron chi connectivity index (χ3n) is 9.11. The molecular formula is C35H39NO. The molecule has 1 heterocycles. The average molecular weight is 490 g/mol. The Morgan fingerprint density at radius 1 is 0.811 bits per heavy atom. The summed E-state index contributed by atoms with van der Waals surface area (Å²) in [4.78, 5) is 18.1. The molecule has 2 unspecified atom stereocenters. The lowest BCUT2D eigenvalue weighted by Crippen LogP contribution is -2.16. The van der Waals surface area contributed by atoms with E-state index in [2.05, 4.69) is 66.7 Å². The molecule has 3 aliphatic carbocycles. The molecular weight excluding hydrogens is 450 g/mol. The Bertz CT molecular complexity index is 1280. The van der Waals surface area contributed by atoms with E-state index in [-0.39, 0.29) is 0 Å². The van der Waals surface area contributed by atoms with Crippen molar-refractivity contribution in [1.82, 2.24) is 4.98 Å². The van der Waals surface area contributed by atoms with Gasteiger partial charge >= 0.3 is 0 Å². The summed E-state index contributed by atoms with van der Waals surface area (Å²) in [5.74, 6) is 2.04. The molecule has 2 nitrogen and oxygen atoms in total. The van der Waals surface area contributed by atoms with Gasteiger partial charge in [-0.2, -0.15) is 0 Å². The molecule has 0 amide bonds. The number of benzene rings is 2. The molecule has 0 N–H and O–H groups in total. The van der Waals surface area contributed by atoms with Gasteiger partial charge in [0.05, 0.1) is 5.69 Å². The summed E-state index contributed by atoms with van der Waals surface area (Å²) in [6.07, 6.45) is 20.1. The molecule has 190 valence electrons. The van der Waals surface area contributed by atoms with E-state index in [1.807, 2.05) is 6.20 Å². The van der Waals surface area contributed by atoms with Crippen LogP contribution in [0.4, 0.5) is 0 Å². The topological polar surface area (TPSA) is 30.0 Å². The van der Waals surface area contributed by atoms with Crippen molar-refractivity contribution in [3.8, 4) is 0 Å². The summed E-state index contributed by atoms with van der Waals surface area (Å²) in [6, 6.07) is 19.8. The standard InChI is InChI=1S/C35H39NO/c37-32(24-30-12-4-5-17-33(30)26-10-2-1-3-11-26)22-25-9-6-14-28(21-25)29-15-7-16-31(23-29)35-34-18-8-13-27(34)19-20-36-35/h4-6,8-9,12,14,17-21,26,29,31H,1-3,7,10-11,13,15-16,22-24H2. The average Bonchev–Trinajstić information content (AvgIpc) is 3.43. The van der Waals surface area contributed by atoms with Crippen molar-refractivity contribution < 1.29 is 4.79 Å². The fourth-order valence-corrected chi connectivity index (χ4v) is 7.24. The first-order valence-corrected chi connectivity index (χ1v) is 14.6. The van der Waals surface area contributed by atoms with E-state index in [1.165, 1.54) is 90.4 Å². The van der Waals surface area contributed by atoms with Crippen LogP contribution in [0.25, 0.3) is 6.08 Å². The number of carbonyl (C=O) groups excluding carboxylic acids is 1. The second kappa shape index (κ2) is 11.2. The van der Waals surface area contributed by atoms with Crippen LogP contribution in [0.2, 0.25) is 0 Å². The number of pyridine rings is 1. The van der Waals surface area contributed by atoms with Crippen molar-refractivity contribution in [2.45, 2.75) is 94.8 Å². The van der Waals surface area contributed by atoms with E-state index in [0.29, 0.717) is 36.4 Å². The molecule has 3 aliphatic rings. The maximum Gasteiger partial charge on any atom is 0.141 e. The molecule has 2 heteroatoms. The molecule has 6 rings (SSSR count). The molecule has 3 aromatic rings. The number of Topliss-reactive ketones (excluding diaryl/α,β-unsaturated/α-hetero) is 1. The van der Waals surface area contributed by atoms with E-state index in [4.69, 9.17) is 4.98 Å². The molecule has 1 aromatic heterocycles. The van der Waals surface area contributed by atoms with E-state index in [1.54, 1.807) is 0 Å². The zero-order valence-corrected chi connectivity index (χ0v) is 22.0. The fourth-order valence-electron chi connectivity index (χ4n) is 7.24. The van der Waals surface area contributed by atoms with Crippen molar-refractivity contribution in [3.63, 3.8) is 0 Å². The highest BCUT2D eigenvalue weighted by Gasteiger charge is 2.28. The lowest BCUT2D eigenvalue weighted by atomic mass is 9.75. The quantitative estimate of drug-likeness (QED) is 0.333. The predicted octanol–water partition coefficient (Wildman–Crippen LogP) is 8.49. The smallest absolute Gasteiger partial charge is 0.141 e. The molecule has 2 fully saturated rings. The molecule has 2 saturated carbocycles. The highest BCUT2D eigenvalue weighted by atomic mass is 16.1. The number of nitrogens with zero attached hydrogens (tertiary/aromatic N) is 1. The van der Waals surface area contributed by atoms with Gasteiger partial charge in [-0.1, -0.05) is 86.4 Å². The summed E-state index contributed by atoms with van der Waals surface area (Å²) in [5, 5.41) is 0. The highest BCUT2D eigenvalue weighted by molar-refractivity contribution is 5.83. The lowest BCUT2D eigenvalue weighted by molar-refractivity contribution is -0.117. The van der Waals surface area contributed by atoms with Crippen LogP contribution in [-0.4, -0.2) is 10.8 Å². The first kappa shape index (κ1) is 24.3. The SMILES string of the molecule is O=C(Cc1cccc(C2CCCC(c3nccc4c3C=CC4)C2)c1)Cc1ccccc1C1CCCCC1. The van der Waals surface area contributed by atoms with Gasteiger partial charge in [0.1, 0.15) is 5.78 Å². The zero-order valence-electron chi connectivity index (χ0n) is 22.0. The Hall–Kier alpha value is -3.00. The van der Waals surface area contributed by atoms with Crippen LogP contribution in [0.5, 0.6) is 0 Å². The number of aromatic nitrogens is 1. The van der Waals surface area contributed by atoms with Gasteiger partial charge in [0, 0.05) is 25.0 Å². The van der Waals surface area contributed by atoms with Crippen LogP contribution in [0, 0.1) is 0 Å². The maximum atomic E-state index is 13.2. The molecule has 0 spiro atoms. The van der Waals surface area contributed by atoms with Crippen LogP contribution in [0.1, 0.15) is 115 Å². The third-order valence-corrected chi connectivity index (χ3v) is 9.11. The van der Waals surface area contributed by atoms with Crippen molar-refractivity contribution in [2.75, 3.05) is 0 Å². The van der Waals surface area contributed by atoms with Crippen molar-refractivity contribution in [2.24, 2.45) is 0 Å². The van der Waals surface area contributed by atoms with Gasteiger partial charge in [0.25, 0.3) is 0 Å². The number of allylic oxidation sites excluding steroid dienone is 1. The molecule has 37 heavy (non-hydrogen) atoms. The van der Waals surface area contributed by atoms with Crippen molar-refractivity contribution >= 4 is 11.9 Å². The zero-order chi connectivity index (χ0) is 25.0. The summed E-state index contributed by atoms with van der Waals surface area (Å²) in [5.41, 5.74) is 9.36. The summed E-state index contributed by atoms with van der Waals surface area (Å²) in [6.45, 7) is 0. The van der Waals surface area contributed by atoms with Gasteiger partial charge in [0.15, 0.2) is 0 Å². The van der Waals surface area contributed by atoms with E-state index >= 15 is 0 Å². The van der Waals surface area contributed by atoms with Gasteiger partial charge in [0.2, 0.25) is 0 Å². The van der Waals surface area contributed by atoms with Gasteiger partial charge < -0.3 is 0 Å². The first-order chi connectivity index (χ1) is 18.2. The van der Waals surface area contributed by atoms with E-state index in [0.717, 1.165) is 12.8 Å². The Labute approximate surface area is 222 Å².